The molecule has 1 aromatic heterocycles. The minimum atomic E-state index is -0.317. The molecule has 9 heteroatoms. The van der Waals surface area contributed by atoms with E-state index in [0.29, 0.717) is 23.0 Å². The second-order valence-corrected chi connectivity index (χ2v) is 9.45. The summed E-state index contributed by atoms with van der Waals surface area (Å²) < 4.78 is 5.78. The van der Waals surface area contributed by atoms with E-state index in [9.17, 15) is 9.59 Å². The van der Waals surface area contributed by atoms with Gasteiger partial charge in [-0.25, -0.2) is 9.99 Å². The van der Waals surface area contributed by atoms with E-state index < -0.39 is 0 Å². The Hall–Kier alpha value is -2.62. The van der Waals surface area contributed by atoms with Crippen LogP contribution in [0.25, 0.3) is 0 Å². The number of nitrogens with one attached hydrogen (secondary N) is 1. The van der Waals surface area contributed by atoms with Crippen molar-refractivity contribution in [3.63, 3.8) is 0 Å². The first kappa shape index (κ1) is 22.6. The van der Waals surface area contributed by atoms with Gasteiger partial charge in [-0.1, -0.05) is 12.1 Å². The van der Waals surface area contributed by atoms with Crippen molar-refractivity contribution in [1.29, 1.82) is 0 Å². The van der Waals surface area contributed by atoms with E-state index in [2.05, 4.69) is 34.1 Å². The zero-order valence-electron chi connectivity index (χ0n) is 18.9. The number of carbonyl (C=O) groups is 2. The Labute approximate surface area is 192 Å². The molecule has 170 valence electrons. The predicted molar refractivity (Wildman–Crippen MR) is 126 cm³/mol. The van der Waals surface area contributed by atoms with Gasteiger partial charge in [0.25, 0.3) is 5.91 Å². The molecule has 0 aliphatic carbocycles. The molecule has 1 N–H and O–H groups in total. The number of thiazole rings is 1. The van der Waals surface area contributed by atoms with Crippen molar-refractivity contribution in [3.8, 4) is 0 Å². The van der Waals surface area contributed by atoms with Crippen molar-refractivity contribution in [2.45, 2.75) is 59.3 Å². The van der Waals surface area contributed by atoms with E-state index in [1.54, 1.807) is 0 Å². The lowest BCUT2D eigenvalue weighted by molar-refractivity contribution is -0.118. The van der Waals surface area contributed by atoms with Crippen LogP contribution in [0.1, 0.15) is 43.5 Å². The van der Waals surface area contributed by atoms with Gasteiger partial charge in [-0.2, -0.15) is 5.10 Å². The number of aromatic nitrogens is 1. The summed E-state index contributed by atoms with van der Waals surface area (Å²) in [5, 5.41) is 11.1. The second-order valence-electron chi connectivity index (χ2n) is 8.59. The van der Waals surface area contributed by atoms with Crippen molar-refractivity contribution < 1.29 is 14.3 Å². The number of aryl methyl sites for hydroxylation is 2. The van der Waals surface area contributed by atoms with Crippen molar-refractivity contribution >= 4 is 39.7 Å². The number of hydrogen-bond donors (Lipinski definition) is 1. The first-order valence-corrected chi connectivity index (χ1v) is 11.8. The van der Waals surface area contributed by atoms with Crippen LogP contribution in [0.15, 0.2) is 28.7 Å². The fourth-order valence-electron chi connectivity index (χ4n) is 4.10. The Balaban J connectivity index is 1.43. The van der Waals surface area contributed by atoms with Gasteiger partial charge in [0.1, 0.15) is 5.71 Å². The van der Waals surface area contributed by atoms with Gasteiger partial charge in [0.2, 0.25) is 5.91 Å². The molecule has 4 rings (SSSR count). The van der Waals surface area contributed by atoms with Crippen LogP contribution in [0.3, 0.4) is 0 Å². The van der Waals surface area contributed by atoms with Crippen LogP contribution in [0.5, 0.6) is 0 Å². The number of nitrogens with zero attached hydrogens (tertiary/aromatic N) is 4. The van der Waals surface area contributed by atoms with Crippen molar-refractivity contribution in [2.24, 2.45) is 5.10 Å². The van der Waals surface area contributed by atoms with Crippen LogP contribution in [0.2, 0.25) is 0 Å². The van der Waals surface area contributed by atoms with Gasteiger partial charge in [-0.05, 0) is 44.9 Å². The summed E-state index contributed by atoms with van der Waals surface area (Å²) in [5.41, 5.74) is 3.93. The zero-order chi connectivity index (χ0) is 22.8. The summed E-state index contributed by atoms with van der Waals surface area (Å²) in [5.74, 6) is -0.428. The first-order chi connectivity index (χ1) is 15.3. The maximum absolute atomic E-state index is 12.8. The monoisotopic (exact) mass is 455 g/mol. The Bertz CT molecular complexity index is 1040. The smallest absolute Gasteiger partial charge is 0.273 e. The molecule has 2 atom stereocenters. The van der Waals surface area contributed by atoms with Crippen LogP contribution in [-0.4, -0.2) is 52.7 Å². The van der Waals surface area contributed by atoms with E-state index in [0.717, 1.165) is 36.5 Å². The molecule has 0 spiro atoms. The number of ether oxygens (including phenoxy) is 1. The molecular weight excluding hydrogens is 426 g/mol. The highest BCUT2D eigenvalue weighted by atomic mass is 32.1. The summed E-state index contributed by atoms with van der Waals surface area (Å²) in [6.45, 7) is 10.5. The topological polar surface area (TPSA) is 87.1 Å². The highest BCUT2D eigenvalue weighted by molar-refractivity contribution is 7.14. The highest BCUT2D eigenvalue weighted by Gasteiger charge is 2.27. The highest BCUT2D eigenvalue weighted by Crippen LogP contribution is 2.26. The van der Waals surface area contributed by atoms with Gasteiger partial charge >= 0.3 is 0 Å². The molecule has 1 aromatic carbocycles. The lowest BCUT2D eigenvalue weighted by atomic mass is 10.1. The van der Waals surface area contributed by atoms with E-state index in [-0.39, 0.29) is 30.4 Å². The Morgan fingerprint density at radius 2 is 1.97 bits per heavy atom. The maximum atomic E-state index is 12.8. The molecule has 2 unspecified atom stereocenters. The Morgan fingerprint density at radius 1 is 1.22 bits per heavy atom. The van der Waals surface area contributed by atoms with Crippen LogP contribution < -0.4 is 10.3 Å². The first-order valence-electron chi connectivity index (χ1n) is 10.9. The molecule has 2 aromatic rings. The summed E-state index contributed by atoms with van der Waals surface area (Å²) >= 11 is 1.40. The normalized spacial score (nSPS) is 22.1. The lowest BCUT2D eigenvalue weighted by Crippen LogP contribution is -2.44. The minimum Gasteiger partial charge on any atom is -0.373 e. The van der Waals surface area contributed by atoms with Gasteiger partial charge in [0, 0.05) is 37.9 Å². The molecule has 2 aliphatic heterocycles. The Kier molecular flexibility index (Phi) is 6.68. The summed E-state index contributed by atoms with van der Waals surface area (Å²) in [6.07, 6.45) is 0.955. The number of amides is 2. The zero-order valence-corrected chi connectivity index (χ0v) is 19.7. The minimum absolute atomic E-state index is 0.110. The van der Waals surface area contributed by atoms with Crippen LogP contribution in [0.4, 0.5) is 10.8 Å². The fraction of sp³-hybridized carbons (Fsp3) is 0.478. The Morgan fingerprint density at radius 3 is 2.72 bits per heavy atom. The third kappa shape index (κ3) is 5.23. The largest absolute Gasteiger partial charge is 0.373 e. The van der Waals surface area contributed by atoms with Crippen molar-refractivity contribution in [3.05, 3.63) is 40.4 Å². The van der Waals surface area contributed by atoms with E-state index in [4.69, 9.17) is 4.74 Å². The number of carbonyl (C=O) groups excluding carboxylic acids is 2. The van der Waals surface area contributed by atoms with Crippen LogP contribution >= 0.6 is 11.3 Å². The second kappa shape index (κ2) is 9.48. The van der Waals surface area contributed by atoms with Gasteiger partial charge in [-0.15, -0.1) is 11.3 Å². The van der Waals surface area contributed by atoms with Crippen molar-refractivity contribution in [1.82, 2.24) is 9.88 Å². The molecule has 3 heterocycles. The average molecular weight is 456 g/mol. The summed E-state index contributed by atoms with van der Waals surface area (Å²) in [6, 6.07) is 5.86. The predicted octanol–water partition coefficient (Wildman–Crippen LogP) is 3.49. The van der Waals surface area contributed by atoms with Gasteiger partial charge in [0.15, 0.2) is 5.13 Å². The fourth-order valence-corrected chi connectivity index (χ4v) is 4.80. The average Bonchev–Trinajstić information content (AvgIpc) is 3.16. The molecule has 0 bridgehead atoms. The van der Waals surface area contributed by atoms with Gasteiger partial charge in [0.05, 0.1) is 23.6 Å². The van der Waals surface area contributed by atoms with Gasteiger partial charge < -0.3 is 4.74 Å². The standard InChI is InChI=1S/C23H29N5O3S/c1-14-5-6-15(2)20(9-14)28-21(29)8-7-19(26-28)22(30)25-23-24-18(13-32-23)12-27-10-16(3)31-17(4)11-27/h5-6,9,13,16-17H,7-8,10-12H2,1-4H3,(H,24,25,30). The molecule has 2 amide bonds. The maximum Gasteiger partial charge on any atom is 0.273 e. The van der Waals surface area contributed by atoms with E-state index in [1.165, 1.54) is 16.3 Å². The van der Waals surface area contributed by atoms with Crippen molar-refractivity contribution in [2.75, 3.05) is 23.4 Å². The number of hydrazone groups is 1. The number of benzene rings is 1. The number of morpholine rings is 1. The molecular formula is C23H29N5O3S. The van der Waals surface area contributed by atoms with E-state index >= 15 is 0 Å². The van der Waals surface area contributed by atoms with E-state index in [1.807, 2.05) is 37.4 Å². The number of rotatable bonds is 5. The third-order valence-corrected chi connectivity index (χ3v) is 6.35. The number of hydrogen-bond acceptors (Lipinski definition) is 7. The quantitative estimate of drug-likeness (QED) is 0.746. The molecule has 0 radical (unpaired) electrons. The SMILES string of the molecule is Cc1ccc(C)c(N2N=C(C(=O)Nc3nc(CN4CC(C)OC(C)C4)cs3)CCC2=O)c1. The molecule has 1 fully saturated rings. The lowest BCUT2D eigenvalue weighted by Gasteiger charge is -2.34. The molecule has 32 heavy (non-hydrogen) atoms. The molecule has 8 nitrogen and oxygen atoms in total. The van der Waals surface area contributed by atoms with Crippen LogP contribution in [0, 0.1) is 13.8 Å². The molecule has 2 aliphatic rings. The number of anilines is 2. The van der Waals surface area contributed by atoms with Crippen LogP contribution in [-0.2, 0) is 20.9 Å². The molecule has 0 saturated carbocycles. The molecule has 1 saturated heterocycles. The third-order valence-electron chi connectivity index (χ3n) is 5.54. The summed E-state index contributed by atoms with van der Waals surface area (Å²) in [7, 11) is 0. The summed E-state index contributed by atoms with van der Waals surface area (Å²) in [4.78, 5) is 32.2. The van der Waals surface area contributed by atoms with Gasteiger partial charge in [-0.3, -0.25) is 19.8 Å².